The third-order valence-electron chi connectivity index (χ3n) is 4.27. The van der Waals surface area contributed by atoms with E-state index in [1.54, 1.807) is 0 Å². The normalized spacial score (nSPS) is 18.3. The summed E-state index contributed by atoms with van der Waals surface area (Å²) in [4.78, 5) is 10.9. The summed E-state index contributed by atoms with van der Waals surface area (Å²) in [5.74, 6) is 1.85. The van der Waals surface area contributed by atoms with E-state index >= 15 is 0 Å². The van der Waals surface area contributed by atoms with Gasteiger partial charge >= 0.3 is 0 Å². The standard InChI is InChI=1S/C17H19N5O/c1-2-6-15(7-3-1)16-19-17(20-23-16)22-9-4-5-14(12-22)11-21-10-8-18-13-21/h1-3,6-8,10,13-14H,4-5,9,11-12H2/t14-/m1/s1. The number of imidazole rings is 1. The van der Waals surface area contributed by atoms with Crippen molar-refractivity contribution in [3.63, 3.8) is 0 Å². The van der Waals surface area contributed by atoms with E-state index in [9.17, 15) is 0 Å². The number of anilines is 1. The summed E-state index contributed by atoms with van der Waals surface area (Å²) in [5.41, 5.74) is 0.957. The van der Waals surface area contributed by atoms with Crippen LogP contribution in [0.25, 0.3) is 11.5 Å². The van der Waals surface area contributed by atoms with Crippen LogP contribution in [0, 0.1) is 5.92 Å². The molecule has 0 amide bonds. The van der Waals surface area contributed by atoms with E-state index in [4.69, 9.17) is 4.52 Å². The van der Waals surface area contributed by atoms with Gasteiger partial charge in [0.2, 0.25) is 0 Å². The van der Waals surface area contributed by atoms with Crippen molar-refractivity contribution in [2.75, 3.05) is 18.0 Å². The first-order valence-electron chi connectivity index (χ1n) is 7.98. The van der Waals surface area contributed by atoms with Gasteiger partial charge in [0.1, 0.15) is 0 Å². The van der Waals surface area contributed by atoms with Crippen molar-refractivity contribution < 1.29 is 4.52 Å². The third-order valence-corrected chi connectivity index (χ3v) is 4.27. The van der Waals surface area contributed by atoms with Crippen LogP contribution in [0.1, 0.15) is 12.8 Å². The number of piperidine rings is 1. The Kier molecular flexibility index (Phi) is 3.80. The highest BCUT2D eigenvalue weighted by Gasteiger charge is 2.24. The van der Waals surface area contributed by atoms with Crippen LogP contribution in [-0.2, 0) is 6.54 Å². The molecular weight excluding hydrogens is 290 g/mol. The van der Waals surface area contributed by atoms with Gasteiger partial charge in [0.25, 0.3) is 11.8 Å². The molecule has 6 nitrogen and oxygen atoms in total. The summed E-state index contributed by atoms with van der Waals surface area (Å²) in [6, 6.07) is 9.89. The summed E-state index contributed by atoms with van der Waals surface area (Å²) in [6.07, 6.45) is 8.08. The van der Waals surface area contributed by atoms with Gasteiger partial charge < -0.3 is 14.0 Å². The minimum Gasteiger partial charge on any atom is -0.338 e. The number of nitrogens with zero attached hydrogens (tertiary/aromatic N) is 5. The lowest BCUT2D eigenvalue weighted by Gasteiger charge is -2.31. The van der Waals surface area contributed by atoms with Gasteiger partial charge in [0.05, 0.1) is 6.33 Å². The Bertz CT molecular complexity index is 737. The van der Waals surface area contributed by atoms with Crippen LogP contribution in [-0.4, -0.2) is 32.8 Å². The molecule has 3 aromatic rings. The van der Waals surface area contributed by atoms with Gasteiger partial charge in [-0.15, -0.1) is 0 Å². The maximum Gasteiger partial charge on any atom is 0.266 e. The van der Waals surface area contributed by atoms with Crippen molar-refractivity contribution in [2.45, 2.75) is 19.4 Å². The lowest BCUT2D eigenvalue weighted by atomic mass is 9.98. The van der Waals surface area contributed by atoms with Crippen LogP contribution in [0.4, 0.5) is 5.95 Å². The van der Waals surface area contributed by atoms with E-state index in [0.29, 0.717) is 17.8 Å². The largest absolute Gasteiger partial charge is 0.338 e. The monoisotopic (exact) mass is 309 g/mol. The van der Waals surface area contributed by atoms with Gasteiger partial charge in [0, 0.05) is 37.6 Å². The number of rotatable bonds is 4. The van der Waals surface area contributed by atoms with Crippen LogP contribution in [0.15, 0.2) is 53.6 Å². The molecule has 0 radical (unpaired) electrons. The smallest absolute Gasteiger partial charge is 0.266 e. The van der Waals surface area contributed by atoms with Gasteiger partial charge in [-0.2, -0.15) is 4.98 Å². The molecule has 0 unspecified atom stereocenters. The average Bonchev–Trinajstić information content (AvgIpc) is 3.28. The first-order chi connectivity index (χ1) is 11.4. The molecule has 6 heteroatoms. The SMILES string of the molecule is c1ccc(-c2nc(N3CCC[C@H](Cn4ccnc4)C3)no2)cc1. The molecule has 1 aromatic carbocycles. The highest BCUT2D eigenvalue weighted by molar-refractivity contribution is 5.54. The average molecular weight is 309 g/mol. The molecule has 0 bridgehead atoms. The van der Waals surface area contributed by atoms with Gasteiger partial charge in [-0.1, -0.05) is 18.2 Å². The Morgan fingerprint density at radius 1 is 1.22 bits per heavy atom. The number of hydrogen-bond donors (Lipinski definition) is 0. The fraction of sp³-hybridized carbons (Fsp3) is 0.353. The molecule has 1 aliphatic rings. The number of hydrogen-bond acceptors (Lipinski definition) is 5. The van der Waals surface area contributed by atoms with E-state index in [2.05, 4.69) is 24.6 Å². The maximum absolute atomic E-state index is 5.43. The fourth-order valence-electron chi connectivity index (χ4n) is 3.13. The minimum absolute atomic E-state index is 0.580. The van der Waals surface area contributed by atoms with Gasteiger partial charge in [0.15, 0.2) is 0 Å². The molecule has 118 valence electrons. The van der Waals surface area contributed by atoms with Crippen LogP contribution < -0.4 is 4.90 Å². The molecule has 1 fully saturated rings. The molecule has 1 aliphatic heterocycles. The van der Waals surface area contributed by atoms with Crippen LogP contribution in [0.5, 0.6) is 0 Å². The summed E-state index contributed by atoms with van der Waals surface area (Å²) in [5, 5.41) is 4.17. The van der Waals surface area contributed by atoms with Crippen molar-refractivity contribution in [2.24, 2.45) is 5.92 Å². The zero-order chi connectivity index (χ0) is 15.5. The number of benzene rings is 1. The van der Waals surface area contributed by atoms with Crippen molar-refractivity contribution >= 4 is 5.95 Å². The molecule has 23 heavy (non-hydrogen) atoms. The lowest BCUT2D eigenvalue weighted by Crippen LogP contribution is -2.37. The predicted octanol–water partition coefficient (Wildman–Crippen LogP) is 2.85. The Labute approximate surface area is 134 Å². The Morgan fingerprint density at radius 2 is 2.13 bits per heavy atom. The van der Waals surface area contributed by atoms with E-state index in [1.165, 1.54) is 6.42 Å². The Morgan fingerprint density at radius 3 is 2.96 bits per heavy atom. The summed E-state index contributed by atoms with van der Waals surface area (Å²) >= 11 is 0. The first-order valence-corrected chi connectivity index (χ1v) is 7.98. The highest BCUT2D eigenvalue weighted by Crippen LogP contribution is 2.25. The van der Waals surface area contributed by atoms with Crippen molar-refractivity contribution in [1.82, 2.24) is 19.7 Å². The molecule has 0 spiro atoms. The van der Waals surface area contributed by atoms with E-state index in [0.717, 1.165) is 31.6 Å². The molecule has 0 aliphatic carbocycles. The van der Waals surface area contributed by atoms with Crippen LogP contribution in [0.2, 0.25) is 0 Å². The highest BCUT2D eigenvalue weighted by atomic mass is 16.5. The van der Waals surface area contributed by atoms with Crippen LogP contribution >= 0.6 is 0 Å². The second kappa shape index (κ2) is 6.24. The summed E-state index contributed by atoms with van der Waals surface area (Å²) in [6.45, 7) is 2.92. The van der Waals surface area contributed by atoms with Crippen LogP contribution in [0.3, 0.4) is 0 Å². The number of aromatic nitrogens is 4. The Hall–Kier alpha value is -2.63. The van der Waals surface area contributed by atoms with Crippen molar-refractivity contribution in [3.8, 4) is 11.5 Å². The van der Waals surface area contributed by atoms with Crippen molar-refractivity contribution in [3.05, 3.63) is 49.1 Å². The first kappa shape index (κ1) is 14.0. The zero-order valence-corrected chi connectivity index (χ0v) is 12.9. The summed E-state index contributed by atoms with van der Waals surface area (Å²) in [7, 11) is 0. The lowest BCUT2D eigenvalue weighted by molar-refractivity contribution is 0.359. The Balaban J connectivity index is 1.46. The molecule has 2 aromatic heterocycles. The zero-order valence-electron chi connectivity index (χ0n) is 12.9. The molecule has 3 heterocycles. The molecule has 0 saturated carbocycles. The van der Waals surface area contributed by atoms with Gasteiger partial charge in [-0.05, 0) is 36.0 Å². The molecule has 0 N–H and O–H groups in total. The van der Waals surface area contributed by atoms with Gasteiger partial charge in [-0.3, -0.25) is 0 Å². The van der Waals surface area contributed by atoms with Crippen molar-refractivity contribution in [1.29, 1.82) is 0 Å². The third kappa shape index (κ3) is 3.11. The molecule has 1 saturated heterocycles. The molecule has 1 atom stereocenters. The predicted molar refractivity (Wildman–Crippen MR) is 86.9 cm³/mol. The molecular formula is C17H19N5O. The maximum atomic E-state index is 5.43. The summed E-state index contributed by atoms with van der Waals surface area (Å²) < 4.78 is 7.57. The topological polar surface area (TPSA) is 60.0 Å². The van der Waals surface area contributed by atoms with E-state index in [1.807, 2.05) is 49.1 Å². The van der Waals surface area contributed by atoms with Gasteiger partial charge in [-0.25, -0.2) is 4.98 Å². The second-order valence-electron chi connectivity index (χ2n) is 5.98. The van der Waals surface area contributed by atoms with E-state index in [-0.39, 0.29) is 0 Å². The quantitative estimate of drug-likeness (QED) is 0.741. The fourth-order valence-corrected chi connectivity index (χ4v) is 3.13. The minimum atomic E-state index is 0.580. The molecule has 4 rings (SSSR count). The second-order valence-corrected chi connectivity index (χ2v) is 5.98. The van der Waals surface area contributed by atoms with E-state index < -0.39 is 0 Å².